The smallest absolute Gasteiger partial charge is 0.252 e. The molecule has 3 nitrogen and oxygen atoms in total. The fraction of sp³-hybridized carbons (Fsp3) is 0.462. The first-order valence-electron chi connectivity index (χ1n) is 5.98. The van der Waals surface area contributed by atoms with E-state index in [4.69, 9.17) is 11.6 Å². The van der Waals surface area contributed by atoms with Crippen molar-refractivity contribution in [2.45, 2.75) is 24.1 Å². The number of phenols is 1. The molecule has 98 valence electrons. The van der Waals surface area contributed by atoms with E-state index in [0.717, 1.165) is 12.8 Å². The van der Waals surface area contributed by atoms with E-state index in [-0.39, 0.29) is 11.7 Å². The Morgan fingerprint density at radius 2 is 2.28 bits per heavy atom. The van der Waals surface area contributed by atoms with Crippen LogP contribution in [0.3, 0.4) is 0 Å². The average molecular weight is 333 g/mol. The summed E-state index contributed by atoms with van der Waals surface area (Å²) < 4.78 is 0. The van der Waals surface area contributed by atoms with E-state index in [2.05, 4.69) is 21.2 Å². The van der Waals surface area contributed by atoms with Crippen molar-refractivity contribution in [1.82, 2.24) is 5.32 Å². The number of aromatic hydroxyl groups is 1. The Kier molecular flexibility index (Phi) is 4.51. The molecule has 0 aromatic heterocycles. The van der Waals surface area contributed by atoms with Gasteiger partial charge in [0.15, 0.2) is 0 Å². The number of rotatable bonds is 3. The van der Waals surface area contributed by atoms with Gasteiger partial charge in [-0.05, 0) is 37.0 Å². The van der Waals surface area contributed by atoms with Gasteiger partial charge in [0, 0.05) is 11.4 Å². The first kappa shape index (κ1) is 13.7. The fourth-order valence-corrected chi connectivity index (χ4v) is 3.21. The van der Waals surface area contributed by atoms with Crippen LogP contribution in [-0.4, -0.2) is 22.4 Å². The summed E-state index contributed by atoms with van der Waals surface area (Å²) in [7, 11) is 0. The molecule has 1 fully saturated rings. The molecule has 0 aliphatic heterocycles. The highest BCUT2D eigenvalue weighted by atomic mass is 79.9. The summed E-state index contributed by atoms with van der Waals surface area (Å²) >= 11 is 9.55. The number of amides is 1. The Morgan fingerprint density at radius 3 is 2.94 bits per heavy atom. The molecule has 1 aromatic rings. The Labute approximate surface area is 120 Å². The summed E-state index contributed by atoms with van der Waals surface area (Å²) in [6.45, 7) is 0.640. The molecule has 5 heteroatoms. The van der Waals surface area contributed by atoms with Crippen LogP contribution in [0, 0.1) is 5.92 Å². The highest BCUT2D eigenvalue weighted by molar-refractivity contribution is 9.09. The lowest BCUT2D eigenvalue weighted by Gasteiger charge is -2.15. The number of hydrogen-bond acceptors (Lipinski definition) is 2. The quantitative estimate of drug-likeness (QED) is 0.834. The molecule has 0 heterocycles. The van der Waals surface area contributed by atoms with Crippen LogP contribution in [0.25, 0.3) is 0 Å². The minimum atomic E-state index is -0.234. The molecule has 0 saturated heterocycles. The highest BCUT2D eigenvalue weighted by Gasteiger charge is 2.25. The third-order valence-electron chi connectivity index (χ3n) is 3.29. The predicted molar refractivity (Wildman–Crippen MR) is 75.5 cm³/mol. The molecule has 1 saturated carbocycles. The number of phenolic OH excluding ortho intramolecular Hbond substituents is 1. The molecule has 2 rings (SSSR count). The molecule has 1 amide bonds. The number of nitrogens with one attached hydrogen (secondary N) is 1. The minimum absolute atomic E-state index is 0.0452. The van der Waals surface area contributed by atoms with Gasteiger partial charge in [0.1, 0.15) is 5.75 Å². The van der Waals surface area contributed by atoms with Crippen molar-refractivity contribution < 1.29 is 9.90 Å². The molecule has 2 N–H and O–H groups in total. The highest BCUT2D eigenvalue weighted by Crippen LogP contribution is 2.31. The zero-order valence-electron chi connectivity index (χ0n) is 9.83. The zero-order valence-corrected chi connectivity index (χ0v) is 12.2. The van der Waals surface area contributed by atoms with Crippen LogP contribution in [0.4, 0.5) is 0 Å². The lowest BCUT2D eigenvalue weighted by atomic mass is 10.1. The van der Waals surface area contributed by atoms with E-state index in [0.29, 0.717) is 27.9 Å². The van der Waals surface area contributed by atoms with Gasteiger partial charge in [-0.25, -0.2) is 0 Å². The molecular formula is C13H15BrClNO2. The van der Waals surface area contributed by atoms with Gasteiger partial charge in [-0.2, -0.15) is 0 Å². The summed E-state index contributed by atoms with van der Waals surface area (Å²) in [6, 6.07) is 4.37. The monoisotopic (exact) mass is 331 g/mol. The maximum absolute atomic E-state index is 12.0. The molecule has 0 bridgehead atoms. The summed E-state index contributed by atoms with van der Waals surface area (Å²) in [6.07, 6.45) is 3.49. The van der Waals surface area contributed by atoms with Gasteiger partial charge in [-0.3, -0.25) is 4.79 Å². The molecule has 1 aliphatic rings. The third kappa shape index (κ3) is 3.18. The normalized spacial score (nSPS) is 23.0. The van der Waals surface area contributed by atoms with Crippen molar-refractivity contribution in [2.24, 2.45) is 5.92 Å². The maximum Gasteiger partial charge on any atom is 0.252 e. The average Bonchev–Trinajstić information content (AvgIpc) is 2.75. The molecule has 2 unspecified atom stereocenters. The van der Waals surface area contributed by atoms with Crippen LogP contribution in [0.5, 0.6) is 5.75 Å². The molecule has 2 atom stereocenters. The molecule has 1 aliphatic carbocycles. The number of halogens is 2. The van der Waals surface area contributed by atoms with Crippen molar-refractivity contribution in [3.63, 3.8) is 0 Å². The first-order chi connectivity index (χ1) is 8.58. The predicted octanol–water partition coefficient (Wildman–Crippen LogP) is 3.34. The van der Waals surface area contributed by atoms with Gasteiger partial charge in [0.05, 0.1) is 10.6 Å². The van der Waals surface area contributed by atoms with E-state index in [9.17, 15) is 9.90 Å². The topological polar surface area (TPSA) is 49.3 Å². The summed E-state index contributed by atoms with van der Waals surface area (Å²) in [5.41, 5.74) is 0.320. The fourth-order valence-electron chi connectivity index (χ4n) is 2.23. The maximum atomic E-state index is 12.0. The SMILES string of the molecule is O=C(NCC1CCCC1Br)c1cc(O)ccc1Cl. The van der Waals surface area contributed by atoms with Gasteiger partial charge in [-0.15, -0.1) is 0 Å². The second-order valence-electron chi connectivity index (χ2n) is 4.58. The van der Waals surface area contributed by atoms with Crippen LogP contribution in [0.1, 0.15) is 29.6 Å². The number of hydrogen-bond donors (Lipinski definition) is 2. The van der Waals surface area contributed by atoms with Crippen LogP contribution in [0.15, 0.2) is 18.2 Å². The van der Waals surface area contributed by atoms with E-state index in [1.807, 2.05) is 0 Å². The molecular weight excluding hydrogens is 318 g/mol. The number of benzene rings is 1. The Balaban J connectivity index is 1.97. The summed E-state index contributed by atoms with van der Waals surface area (Å²) in [4.78, 5) is 12.4. The lowest BCUT2D eigenvalue weighted by Crippen LogP contribution is -2.31. The standard InChI is InChI=1S/C13H15BrClNO2/c14-11-3-1-2-8(11)7-16-13(18)10-6-9(17)4-5-12(10)15/h4-6,8,11,17H,1-3,7H2,(H,16,18). The van der Waals surface area contributed by atoms with Crippen LogP contribution >= 0.6 is 27.5 Å². The summed E-state index contributed by atoms with van der Waals surface area (Å²) in [5.74, 6) is 0.288. The molecule has 18 heavy (non-hydrogen) atoms. The largest absolute Gasteiger partial charge is 0.508 e. The number of carbonyl (C=O) groups is 1. The lowest BCUT2D eigenvalue weighted by molar-refractivity contribution is 0.0947. The minimum Gasteiger partial charge on any atom is -0.508 e. The van der Waals surface area contributed by atoms with E-state index in [1.54, 1.807) is 0 Å². The second kappa shape index (κ2) is 5.93. The van der Waals surface area contributed by atoms with Crippen molar-refractivity contribution >= 4 is 33.4 Å². The van der Waals surface area contributed by atoms with Crippen molar-refractivity contribution in [1.29, 1.82) is 0 Å². The van der Waals surface area contributed by atoms with Crippen molar-refractivity contribution in [2.75, 3.05) is 6.54 Å². The van der Waals surface area contributed by atoms with Gasteiger partial charge >= 0.3 is 0 Å². The molecule has 0 radical (unpaired) electrons. The van der Waals surface area contributed by atoms with Crippen LogP contribution < -0.4 is 5.32 Å². The van der Waals surface area contributed by atoms with Crippen molar-refractivity contribution in [3.05, 3.63) is 28.8 Å². The van der Waals surface area contributed by atoms with E-state index >= 15 is 0 Å². The van der Waals surface area contributed by atoms with E-state index < -0.39 is 0 Å². The van der Waals surface area contributed by atoms with Gasteiger partial charge < -0.3 is 10.4 Å². The zero-order chi connectivity index (χ0) is 13.1. The molecule has 1 aromatic carbocycles. The first-order valence-corrected chi connectivity index (χ1v) is 7.28. The summed E-state index contributed by atoms with van der Waals surface area (Å²) in [5, 5.41) is 12.6. The number of alkyl halides is 1. The van der Waals surface area contributed by atoms with Crippen molar-refractivity contribution in [3.8, 4) is 5.75 Å². The van der Waals surface area contributed by atoms with E-state index in [1.165, 1.54) is 24.6 Å². The van der Waals surface area contributed by atoms with Crippen LogP contribution in [0.2, 0.25) is 5.02 Å². The van der Waals surface area contributed by atoms with Gasteiger partial charge in [-0.1, -0.05) is 34.0 Å². The third-order valence-corrected chi connectivity index (χ3v) is 4.82. The van der Waals surface area contributed by atoms with Gasteiger partial charge in [0.25, 0.3) is 5.91 Å². The van der Waals surface area contributed by atoms with Gasteiger partial charge in [0.2, 0.25) is 0 Å². The van der Waals surface area contributed by atoms with Crippen LogP contribution in [-0.2, 0) is 0 Å². The Bertz CT molecular complexity index is 453. The Morgan fingerprint density at radius 1 is 1.50 bits per heavy atom. The second-order valence-corrected chi connectivity index (χ2v) is 6.16. The number of carbonyl (C=O) groups excluding carboxylic acids is 1. The molecule has 0 spiro atoms. The Hall–Kier alpha value is -0.740.